The first-order chi connectivity index (χ1) is 12.1. The maximum Gasteiger partial charge on any atom is 0.229 e. The number of nitrogens with one attached hydrogen (secondary N) is 1. The van der Waals surface area contributed by atoms with E-state index in [1.54, 1.807) is 0 Å². The van der Waals surface area contributed by atoms with Gasteiger partial charge in [0.25, 0.3) is 0 Å². The van der Waals surface area contributed by atoms with Gasteiger partial charge in [0.15, 0.2) is 10.9 Å². The minimum absolute atomic E-state index is 0.00531. The van der Waals surface area contributed by atoms with Gasteiger partial charge in [-0.25, -0.2) is 4.98 Å². The van der Waals surface area contributed by atoms with Crippen molar-refractivity contribution in [2.24, 2.45) is 11.8 Å². The standard InChI is InChI=1S/C18H23N3O3S/c22-14-10-12(17(24)21-7-2-1-3-8-21)9-13-15(14)25-18(19-13)20-16(23)11-5-4-6-11/h11-12H,1-10H2,(H,19,20,23). The van der Waals surface area contributed by atoms with E-state index < -0.39 is 0 Å². The molecule has 0 radical (unpaired) electrons. The third kappa shape index (κ3) is 3.34. The highest BCUT2D eigenvalue weighted by atomic mass is 32.1. The summed E-state index contributed by atoms with van der Waals surface area (Å²) in [6.07, 6.45) is 7.01. The smallest absolute Gasteiger partial charge is 0.229 e. The Labute approximate surface area is 151 Å². The lowest BCUT2D eigenvalue weighted by Gasteiger charge is -2.31. The molecule has 0 spiro atoms. The number of carbonyl (C=O) groups is 3. The Kier molecular flexibility index (Phi) is 4.58. The van der Waals surface area contributed by atoms with Crippen LogP contribution in [0.4, 0.5) is 5.13 Å². The van der Waals surface area contributed by atoms with Crippen molar-refractivity contribution < 1.29 is 14.4 Å². The number of nitrogens with zero attached hydrogens (tertiary/aromatic N) is 2. The third-order valence-electron chi connectivity index (χ3n) is 5.55. The predicted octanol–water partition coefficient (Wildman–Crippen LogP) is 2.64. The summed E-state index contributed by atoms with van der Waals surface area (Å²) in [5.74, 6) is -0.129. The average Bonchev–Trinajstić information content (AvgIpc) is 2.96. The molecule has 2 heterocycles. The molecule has 1 atom stereocenters. The summed E-state index contributed by atoms with van der Waals surface area (Å²) in [6.45, 7) is 1.60. The molecule has 1 aliphatic heterocycles. The van der Waals surface area contributed by atoms with Crippen LogP contribution >= 0.6 is 11.3 Å². The van der Waals surface area contributed by atoms with E-state index in [0.29, 0.717) is 22.1 Å². The van der Waals surface area contributed by atoms with Crippen LogP contribution in [0, 0.1) is 11.8 Å². The second-order valence-corrected chi connectivity index (χ2v) is 8.33. The molecule has 7 heteroatoms. The van der Waals surface area contributed by atoms with Gasteiger partial charge in [0, 0.05) is 31.8 Å². The van der Waals surface area contributed by atoms with E-state index in [1.807, 2.05) is 4.90 Å². The number of hydrogen-bond acceptors (Lipinski definition) is 5. The van der Waals surface area contributed by atoms with Gasteiger partial charge < -0.3 is 10.2 Å². The number of Topliss-reactive ketones (excluding diaryl/α,β-unsaturated/α-hetero) is 1. The molecule has 1 aromatic rings. The van der Waals surface area contributed by atoms with Crippen LogP contribution in [-0.2, 0) is 16.0 Å². The minimum Gasteiger partial charge on any atom is -0.342 e. The van der Waals surface area contributed by atoms with E-state index in [2.05, 4.69) is 10.3 Å². The third-order valence-corrected chi connectivity index (χ3v) is 6.60. The molecular weight excluding hydrogens is 338 g/mol. The summed E-state index contributed by atoms with van der Waals surface area (Å²) in [5, 5.41) is 3.35. The van der Waals surface area contributed by atoms with Crippen molar-refractivity contribution in [1.82, 2.24) is 9.88 Å². The van der Waals surface area contributed by atoms with Crippen molar-refractivity contribution >= 4 is 34.1 Å². The number of thiazole rings is 1. The number of rotatable bonds is 3. The Hall–Kier alpha value is -1.76. The van der Waals surface area contributed by atoms with Crippen LogP contribution in [0.5, 0.6) is 0 Å². The molecule has 4 rings (SSSR count). The summed E-state index contributed by atoms with van der Waals surface area (Å²) >= 11 is 1.26. The first kappa shape index (κ1) is 16.7. The van der Waals surface area contributed by atoms with Crippen molar-refractivity contribution in [2.45, 2.75) is 51.4 Å². The number of fused-ring (bicyclic) bond motifs is 1. The van der Waals surface area contributed by atoms with Gasteiger partial charge >= 0.3 is 0 Å². The zero-order chi connectivity index (χ0) is 17.4. The Morgan fingerprint density at radius 3 is 2.48 bits per heavy atom. The van der Waals surface area contributed by atoms with E-state index >= 15 is 0 Å². The van der Waals surface area contributed by atoms with E-state index in [-0.39, 0.29) is 35.9 Å². The molecule has 1 N–H and O–H groups in total. The fraction of sp³-hybridized carbons (Fsp3) is 0.667. The zero-order valence-electron chi connectivity index (χ0n) is 14.3. The highest BCUT2D eigenvalue weighted by Gasteiger charge is 2.36. The maximum absolute atomic E-state index is 12.7. The van der Waals surface area contributed by atoms with Crippen LogP contribution in [0.3, 0.4) is 0 Å². The minimum atomic E-state index is -0.296. The number of carbonyl (C=O) groups excluding carboxylic acids is 3. The summed E-state index contributed by atoms with van der Waals surface area (Å²) in [7, 11) is 0. The molecule has 2 aliphatic carbocycles. The van der Waals surface area contributed by atoms with Gasteiger partial charge in [0.2, 0.25) is 11.8 Å². The van der Waals surface area contributed by atoms with Gasteiger partial charge in [0.05, 0.1) is 16.5 Å². The number of anilines is 1. The van der Waals surface area contributed by atoms with Crippen LogP contribution in [-0.4, -0.2) is 40.6 Å². The molecule has 134 valence electrons. The largest absolute Gasteiger partial charge is 0.342 e. The molecule has 1 aromatic heterocycles. The van der Waals surface area contributed by atoms with Crippen LogP contribution in [0.15, 0.2) is 0 Å². The number of likely N-dealkylation sites (tertiary alicyclic amines) is 1. The van der Waals surface area contributed by atoms with Crippen LogP contribution in [0.2, 0.25) is 0 Å². The first-order valence-corrected chi connectivity index (χ1v) is 10.1. The molecule has 1 saturated carbocycles. The highest BCUT2D eigenvalue weighted by Crippen LogP contribution is 2.34. The summed E-state index contributed by atoms with van der Waals surface area (Å²) in [5.41, 5.74) is 0.681. The lowest BCUT2D eigenvalue weighted by atomic mass is 9.85. The molecule has 0 bridgehead atoms. The van der Waals surface area contributed by atoms with Crippen LogP contribution in [0.25, 0.3) is 0 Å². The number of amides is 2. The van der Waals surface area contributed by atoms with Crippen LogP contribution in [0.1, 0.15) is 60.3 Å². The van der Waals surface area contributed by atoms with E-state index in [0.717, 1.165) is 45.2 Å². The summed E-state index contributed by atoms with van der Waals surface area (Å²) < 4.78 is 0. The second-order valence-electron chi connectivity index (χ2n) is 7.33. The summed E-state index contributed by atoms with van der Waals surface area (Å²) in [4.78, 5) is 44.2. The summed E-state index contributed by atoms with van der Waals surface area (Å²) in [6, 6.07) is 0. The lowest BCUT2D eigenvalue weighted by Crippen LogP contribution is -2.42. The Balaban J connectivity index is 1.45. The molecule has 1 unspecified atom stereocenters. The number of aromatic nitrogens is 1. The Bertz CT molecular complexity index is 704. The number of ketones is 1. The Morgan fingerprint density at radius 2 is 1.80 bits per heavy atom. The molecule has 2 amide bonds. The maximum atomic E-state index is 12.7. The van der Waals surface area contributed by atoms with Gasteiger partial charge in [-0.1, -0.05) is 17.8 Å². The SMILES string of the molecule is O=C1CC(C(=O)N2CCCCC2)Cc2nc(NC(=O)C3CCC3)sc21. The van der Waals surface area contributed by atoms with E-state index in [1.165, 1.54) is 17.8 Å². The topological polar surface area (TPSA) is 79.4 Å². The van der Waals surface area contributed by atoms with Gasteiger partial charge in [-0.3, -0.25) is 14.4 Å². The van der Waals surface area contributed by atoms with E-state index in [9.17, 15) is 14.4 Å². The molecule has 6 nitrogen and oxygen atoms in total. The average molecular weight is 361 g/mol. The van der Waals surface area contributed by atoms with Gasteiger partial charge in [0.1, 0.15) is 0 Å². The predicted molar refractivity (Wildman–Crippen MR) is 94.7 cm³/mol. The number of hydrogen-bond donors (Lipinski definition) is 1. The van der Waals surface area contributed by atoms with Crippen molar-refractivity contribution in [3.63, 3.8) is 0 Å². The van der Waals surface area contributed by atoms with Crippen molar-refractivity contribution in [1.29, 1.82) is 0 Å². The van der Waals surface area contributed by atoms with Crippen molar-refractivity contribution in [2.75, 3.05) is 18.4 Å². The molecule has 1 saturated heterocycles. The van der Waals surface area contributed by atoms with Gasteiger partial charge in [-0.15, -0.1) is 0 Å². The second kappa shape index (κ2) is 6.86. The van der Waals surface area contributed by atoms with Gasteiger partial charge in [-0.2, -0.15) is 0 Å². The lowest BCUT2D eigenvalue weighted by molar-refractivity contribution is -0.136. The molecule has 3 aliphatic rings. The fourth-order valence-corrected chi connectivity index (χ4v) is 4.75. The Morgan fingerprint density at radius 1 is 1.04 bits per heavy atom. The first-order valence-electron chi connectivity index (χ1n) is 9.24. The van der Waals surface area contributed by atoms with E-state index in [4.69, 9.17) is 0 Å². The molecule has 2 fully saturated rings. The monoisotopic (exact) mass is 361 g/mol. The normalized spacial score (nSPS) is 23.8. The van der Waals surface area contributed by atoms with Crippen LogP contribution < -0.4 is 5.32 Å². The zero-order valence-corrected chi connectivity index (χ0v) is 15.1. The highest BCUT2D eigenvalue weighted by molar-refractivity contribution is 7.17. The van der Waals surface area contributed by atoms with Crippen molar-refractivity contribution in [3.8, 4) is 0 Å². The quantitative estimate of drug-likeness (QED) is 0.897. The fourth-order valence-electron chi connectivity index (χ4n) is 3.81. The van der Waals surface area contributed by atoms with Gasteiger partial charge in [-0.05, 0) is 32.1 Å². The molecular formula is C18H23N3O3S. The van der Waals surface area contributed by atoms with Crippen molar-refractivity contribution in [3.05, 3.63) is 10.6 Å². The number of piperidine rings is 1. The molecule has 0 aromatic carbocycles. The molecule has 25 heavy (non-hydrogen) atoms.